The molecule has 4 rings (SSSR count). The van der Waals surface area contributed by atoms with Crippen molar-refractivity contribution in [3.8, 4) is 11.3 Å². The Labute approximate surface area is 142 Å². The molecule has 25 heavy (non-hydrogen) atoms. The molecule has 0 saturated carbocycles. The van der Waals surface area contributed by atoms with Gasteiger partial charge in [0, 0.05) is 17.0 Å². The first-order valence-corrected chi connectivity index (χ1v) is 7.58. The molecule has 0 unspecified atom stereocenters. The summed E-state index contributed by atoms with van der Waals surface area (Å²) in [5, 5.41) is 7.45. The first kappa shape index (κ1) is 15.0. The minimum absolute atomic E-state index is 0.0346. The zero-order valence-electron chi connectivity index (χ0n) is 12.9. The quantitative estimate of drug-likeness (QED) is 0.607. The largest absolute Gasteiger partial charge is 0.350 e. The first-order chi connectivity index (χ1) is 12.2. The van der Waals surface area contributed by atoms with Crippen LogP contribution < -0.4 is 5.32 Å². The lowest BCUT2D eigenvalue weighted by molar-refractivity contribution is 0.0988. The van der Waals surface area contributed by atoms with Crippen molar-refractivity contribution in [2.75, 3.05) is 5.32 Å². The van der Waals surface area contributed by atoms with Crippen molar-refractivity contribution in [1.29, 1.82) is 0 Å². The lowest BCUT2D eigenvalue weighted by atomic mass is 10.1. The number of nitrogens with one attached hydrogen (secondary N) is 1. The summed E-state index contributed by atoms with van der Waals surface area (Å²) in [6, 6.07) is 16.8. The standard InChI is InChI=1S/C19H12FN3O2/c20-14-6-3-5-12(8-14)17-10-18(25-23-17)19(24)22-15-9-13-4-1-2-7-16(13)21-11-15/h1-11H,(H,22,24). The number of anilines is 1. The van der Waals surface area contributed by atoms with Crippen LogP contribution in [0.15, 0.2) is 71.4 Å². The Kier molecular flexibility index (Phi) is 3.70. The number of carbonyl (C=O) groups is 1. The molecule has 2 aromatic heterocycles. The Bertz CT molecular complexity index is 1070. The summed E-state index contributed by atoms with van der Waals surface area (Å²) in [5.74, 6) is -0.798. The summed E-state index contributed by atoms with van der Waals surface area (Å²) >= 11 is 0. The fraction of sp³-hybridized carbons (Fsp3) is 0. The van der Waals surface area contributed by atoms with Gasteiger partial charge in [-0.05, 0) is 24.3 Å². The van der Waals surface area contributed by atoms with Crippen LogP contribution in [0.1, 0.15) is 10.6 Å². The average Bonchev–Trinajstić information content (AvgIpc) is 3.12. The van der Waals surface area contributed by atoms with Gasteiger partial charge < -0.3 is 9.84 Å². The Morgan fingerprint density at radius 3 is 2.80 bits per heavy atom. The SMILES string of the molecule is O=C(Nc1cnc2ccccc2c1)c1cc(-c2cccc(F)c2)no1. The van der Waals surface area contributed by atoms with Gasteiger partial charge in [-0.2, -0.15) is 0 Å². The van der Waals surface area contributed by atoms with Crippen molar-refractivity contribution in [3.05, 3.63) is 78.4 Å². The molecule has 0 bridgehead atoms. The molecule has 0 atom stereocenters. The fourth-order valence-corrected chi connectivity index (χ4v) is 2.50. The first-order valence-electron chi connectivity index (χ1n) is 7.58. The molecule has 5 nitrogen and oxygen atoms in total. The molecular weight excluding hydrogens is 321 g/mol. The number of aromatic nitrogens is 2. The van der Waals surface area contributed by atoms with E-state index in [1.165, 1.54) is 18.2 Å². The second kappa shape index (κ2) is 6.16. The van der Waals surface area contributed by atoms with Crippen LogP contribution in [0.5, 0.6) is 0 Å². The highest BCUT2D eigenvalue weighted by Gasteiger charge is 2.15. The zero-order valence-corrected chi connectivity index (χ0v) is 12.9. The van der Waals surface area contributed by atoms with E-state index in [0.717, 1.165) is 10.9 Å². The van der Waals surface area contributed by atoms with Crippen molar-refractivity contribution in [2.45, 2.75) is 0 Å². The average molecular weight is 333 g/mol. The highest BCUT2D eigenvalue weighted by molar-refractivity contribution is 6.03. The molecule has 0 saturated heterocycles. The van der Waals surface area contributed by atoms with E-state index in [1.54, 1.807) is 18.3 Å². The van der Waals surface area contributed by atoms with Crippen molar-refractivity contribution < 1.29 is 13.7 Å². The van der Waals surface area contributed by atoms with Crippen LogP contribution in [0, 0.1) is 5.82 Å². The van der Waals surface area contributed by atoms with Gasteiger partial charge in [0.2, 0.25) is 5.76 Å². The molecule has 2 aromatic carbocycles. The van der Waals surface area contributed by atoms with Crippen LogP contribution in [0.3, 0.4) is 0 Å². The lowest BCUT2D eigenvalue weighted by Gasteiger charge is -2.03. The van der Waals surface area contributed by atoms with E-state index >= 15 is 0 Å². The van der Waals surface area contributed by atoms with Crippen molar-refractivity contribution in [1.82, 2.24) is 10.1 Å². The Morgan fingerprint density at radius 1 is 1.04 bits per heavy atom. The molecule has 2 heterocycles. The van der Waals surface area contributed by atoms with E-state index in [2.05, 4.69) is 15.5 Å². The van der Waals surface area contributed by atoms with Gasteiger partial charge >= 0.3 is 0 Å². The van der Waals surface area contributed by atoms with E-state index in [0.29, 0.717) is 16.9 Å². The van der Waals surface area contributed by atoms with E-state index in [9.17, 15) is 9.18 Å². The van der Waals surface area contributed by atoms with Crippen LogP contribution in [-0.4, -0.2) is 16.0 Å². The molecule has 0 radical (unpaired) electrons. The third kappa shape index (κ3) is 3.10. The van der Waals surface area contributed by atoms with E-state index < -0.39 is 5.91 Å². The second-order valence-corrected chi connectivity index (χ2v) is 5.46. The summed E-state index contributed by atoms with van der Waals surface area (Å²) in [6.45, 7) is 0. The number of para-hydroxylation sites is 1. The minimum Gasteiger partial charge on any atom is -0.350 e. The van der Waals surface area contributed by atoms with Gasteiger partial charge in [-0.3, -0.25) is 9.78 Å². The molecule has 0 aliphatic rings. The maximum absolute atomic E-state index is 13.3. The smallest absolute Gasteiger partial charge is 0.294 e. The van der Waals surface area contributed by atoms with Gasteiger partial charge in [-0.1, -0.05) is 35.5 Å². The van der Waals surface area contributed by atoms with Gasteiger partial charge in [0.05, 0.1) is 17.4 Å². The number of fused-ring (bicyclic) bond motifs is 1. The van der Waals surface area contributed by atoms with E-state index in [-0.39, 0.29) is 11.6 Å². The molecule has 0 fully saturated rings. The summed E-state index contributed by atoms with van der Waals surface area (Å²) in [5.41, 5.74) is 2.32. The summed E-state index contributed by atoms with van der Waals surface area (Å²) < 4.78 is 18.4. The zero-order chi connectivity index (χ0) is 17.2. The Hall–Kier alpha value is -3.54. The molecule has 0 aliphatic carbocycles. The van der Waals surface area contributed by atoms with E-state index in [1.807, 2.05) is 30.3 Å². The molecule has 0 spiro atoms. The number of hydrogen-bond acceptors (Lipinski definition) is 4. The topological polar surface area (TPSA) is 68.0 Å². The van der Waals surface area contributed by atoms with Crippen LogP contribution in [-0.2, 0) is 0 Å². The van der Waals surface area contributed by atoms with Crippen molar-refractivity contribution in [3.63, 3.8) is 0 Å². The van der Waals surface area contributed by atoms with Crippen LogP contribution >= 0.6 is 0 Å². The predicted octanol–water partition coefficient (Wildman–Crippen LogP) is 4.28. The molecule has 1 N–H and O–H groups in total. The number of benzene rings is 2. The summed E-state index contributed by atoms with van der Waals surface area (Å²) in [4.78, 5) is 16.6. The molecule has 4 aromatic rings. The highest BCUT2D eigenvalue weighted by atomic mass is 19.1. The summed E-state index contributed by atoms with van der Waals surface area (Å²) in [7, 11) is 0. The van der Waals surface area contributed by atoms with Crippen molar-refractivity contribution in [2.24, 2.45) is 0 Å². The minimum atomic E-state index is -0.452. The number of pyridine rings is 1. The molecule has 0 aliphatic heterocycles. The Morgan fingerprint density at radius 2 is 1.92 bits per heavy atom. The molecule has 6 heteroatoms. The highest BCUT2D eigenvalue weighted by Crippen LogP contribution is 2.21. The third-order valence-corrected chi connectivity index (χ3v) is 3.70. The maximum Gasteiger partial charge on any atom is 0.294 e. The maximum atomic E-state index is 13.3. The van der Waals surface area contributed by atoms with Gasteiger partial charge in [0.25, 0.3) is 5.91 Å². The molecule has 122 valence electrons. The number of nitrogens with zero attached hydrogens (tertiary/aromatic N) is 2. The lowest BCUT2D eigenvalue weighted by Crippen LogP contribution is -2.11. The van der Waals surface area contributed by atoms with Crippen molar-refractivity contribution >= 4 is 22.5 Å². The van der Waals surface area contributed by atoms with Crippen LogP contribution in [0.4, 0.5) is 10.1 Å². The number of rotatable bonds is 3. The van der Waals surface area contributed by atoms with Gasteiger partial charge in [-0.25, -0.2) is 4.39 Å². The van der Waals surface area contributed by atoms with Gasteiger partial charge in [-0.15, -0.1) is 0 Å². The predicted molar refractivity (Wildman–Crippen MR) is 91.6 cm³/mol. The molecule has 1 amide bonds. The summed E-state index contributed by atoms with van der Waals surface area (Å²) in [6.07, 6.45) is 1.57. The Balaban J connectivity index is 1.56. The third-order valence-electron chi connectivity index (χ3n) is 3.70. The number of carbonyl (C=O) groups excluding carboxylic acids is 1. The monoisotopic (exact) mass is 333 g/mol. The van der Waals surface area contributed by atoms with Gasteiger partial charge in [0.15, 0.2) is 0 Å². The van der Waals surface area contributed by atoms with E-state index in [4.69, 9.17) is 4.52 Å². The number of halogens is 1. The van der Waals surface area contributed by atoms with Crippen LogP contribution in [0.2, 0.25) is 0 Å². The second-order valence-electron chi connectivity index (χ2n) is 5.46. The van der Waals surface area contributed by atoms with Crippen LogP contribution in [0.25, 0.3) is 22.2 Å². The normalized spacial score (nSPS) is 10.8. The fourth-order valence-electron chi connectivity index (χ4n) is 2.50. The number of amides is 1. The number of hydrogen-bond donors (Lipinski definition) is 1. The molecular formula is C19H12FN3O2. The van der Waals surface area contributed by atoms with Gasteiger partial charge in [0.1, 0.15) is 11.5 Å².